The number of nitrogens with one attached hydrogen (secondary N) is 1. The number of carbonyl (C=O) groups excluding carboxylic acids is 1. The zero-order valence-corrected chi connectivity index (χ0v) is 16.5. The van der Waals surface area contributed by atoms with E-state index in [9.17, 15) is 26.4 Å². The molecule has 0 radical (unpaired) electrons. The Labute approximate surface area is 164 Å². The predicted octanol–water partition coefficient (Wildman–Crippen LogP) is 3.44. The first-order chi connectivity index (χ1) is 13.0. The van der Waals surface area contributed by atoms with Crippen molar-refractivity contribution < 1.29 is 26.4 Å². The van der Waals surface area contributed by atoms with Crippen LogP contribution in [-0.4, -0.2) is 43.0 Å². The summed E-state index contributed by atoms with van der Waals surface area (Å²) in [7, 11) is -3.26. The lowest BCUT2D eigenvalue weighted by Gasteiger charge is -2.29. The van der Waals surface area contributed by atoms with Crippen LogP contribution in [0.2, 0.25) is 0 Å². The SMILES string of the molecule is CS(=O)(=O)N1CCC(C(=O)Nc2nc(-c3cccc(C(F)(F)F)c3)cs2)CC1. The monoisotopic (exact) mass is 433 g/mol. The van der Waals surface area contributed by atoms with Crippen LogP contribution in [0.15, 0.2) is 29.6 Å². The minimum Gasteiger partial charge on any atom is -0.302 e. The Bertz CT molecular complexity index is 965. The maximum absolute atomic E-state index is 12.9. The molecule has 0 spiro atoms. The second-order valence-corrected chi connectivity index (χ2v) is 9.38. The maximum atomic E-state index is 12.9. The molecule has 0 atom stereocenters. The number of hydrogen-bond donors (Lipinski definition) is 1. The fourth-order valence-corrected chi connectivity index (χ4v) is 4.57. The van der Waals surface area contributed by atoms with Gasteiger partial charge in [0.1, 0.15) is 0 Å². The Kier molecular flexibility index (Phi) is 5.78. The van der Waals surface area contributed by atoms with Gasteiger partial charge in [-0.3, -0.25) is 4.79 Å². The predicted molar refractivity (Wildman–Crippen MR) is 100 cm³/mol. The average Bonchev–Trinajstić information content (AvgIpc) is 3.09. The number of nitrogens with zero attached hydrogens (tertiary/aromatic N) is 2. The third-order valence-electron chi connectivity index (χ3n) is 4.51. The number of rotatable bonds is 4. The fraction of sp³-hybridized carbons (Fsp3) is 0.412. The third kappa shape index (κ3) is 4.89. The molecule has 0 bridgehead atoms. The summed E-state index contributed by atoms with van der Waals surface area (Å²) in [5.74, 6) is -0.600. The zero-order chi connectivity index (χ0) is 20.5. The number of benzene rings is 1. The number of hydrogen-bond acceptors (Lipinski definition) is 5. The van der Waals surface area contributed by atoms with Gasteiger partial charge in [-0.25, -0.2) is 17.7 Å². The molecule has 11 heteroatoms. The van der Waals surface area contributed by atoms with E-state index in [-0.39, 0.29) is 24.9 Å². The van der Waals surface area contributed by atoms with Crippen molar-refractivity contribution in [2.45, 2.75) is 19.0 Å². The van der Waals surface area contributed by atoms with Crippen molar-refractivity contribution in [3.8, 4) is 11.3 Å². The van der Waals surface area contributed by atoms with Crippen LogP contribution in [0.5, 0.6) is 0 Å². The highest BCUT2D eigenvalue weighted by atomic mass is 32.2. The molecule has 3 rings (SSSR count). The number of thiazole rings is 1. The number of anilines is 1. The van der Waals surface area contributed by atoms with Crippen LogP contribution in [0.25, 0.3) is 11.3 Å². The van der Waals surface area contributed by atoms with Crippen molar-refractivity contribution >= 4 is 32.4 Å². The molecule has 0 saturated carbocycles. The Morgan fingerprint density at radius 2 is 1.96 bits per heavy atom. The standard InChI is InChI=1S/C17H18F3N3O3S2/c1-28(25,26)23-7-5-11(6-8-23)15(24)22-16-21-14(10-27-16)12-3-2-4-13(9-12)17(18,19)20/h2-4,9-11H,5-8H2,1H3,(H,21,22,24). The molecule has 28 heavy (non-hydrogen) atoms. The van der Waals surface area contributed by atoms with Gasteiger partial charge in [0.15, 0.2) is 5.13 Å². The van der Waals surface area contributed by atoms with Gasteiger partial charge >= 0.3 is 6.18 Å². The van der Waals surface area contributed by atoms with Gasteiger partial charge < -0.3 is 5.32 Å². The molecule has 152 valence electrons. The van der Waals surface area contributed by atoms with Crippen molar-refractivity contribution in [3.05, 3.63) is 35.2 Å². The molecule has 1 aromatic heterocycles. The van der Waals surface area contributed by atoms with Gasteiger partial charge in [-0.2, -0.15) is 13.2 Å². The average molecular weight is 433 g/mol. The van der Waals surface area contributed by atoms with Crippen molar-refractivity contribution in [3.63, 3.8) is 0 Å². The van der Waals surface area contributed by atoms with Gasteiger partial charge in [-0.05, 0) is 25.0 Å². The highest BCUT2D eigenvalue weighted by Gasteiger charge is 2.31. The molecule has 0 aliphatic carbocycles. The normalized spacial score (nSPS) is 16.9. The summed E-state index contributed by atoms with van der Waals surface area (Å²) in [4.78, 5) is 16.6. The Morgan fingerprint density at radius 1 is 1.29 bits per heavy atom. The first-order valence-electron chi connectivity index (χ1n) is 8.43. The lowest BCUT2D eigenvalue weighted by atomic mass is 9.97. The highest BCUT2D eigenvalue weighted by molar-refractivity contribution is 7.88. The number of amides is 1. The van der Waals surface area contributed by atoms with E-state index in [0.29, 0.717) is 29.2 Å². The summed E-state index contributed by atoms with van der Waals surface area (Å²) < 4.78 is 62.9. The van der Waals surface area contributed by atoms with Gasteiger partial charge in [-0.1, -0.05) is 12.1 Å². The summed E-state index contributed by atoms with van der Waals surface area (Å²) in [6.07, 6.45) is -2.49. The lowest BCUT2D eigenvalue weighted by molar-refractivity contribution is -0.137. The second kappa shape index (κ2) is 7.80. The second-order valence-electron chi connectivity index (χ2n) is 6.54. The van der Waals surface area contributed by atoms with E-state index in [0.717, 1.165) is 29.7 Å². The summed E-state index contributed by atoms with van der Waals surface area (Å²) in [6.45, 7) is 0.564. The molecule has 2 aromatic rings. The maximum Gasteiger partial charge on any atom is 0.416 e. The molecular formula is C17H18F3N3O3S2. The van der Waals surface area contributed by atoms with Crippen molar-refractivity contribution in [2.24, 2.45) is 5.92 Å². The summed E-state index contributed by atoms with van der Waals surface area (Å²) >= 11 is 1.12. The van der Waals surface area contributed by atoms with Crippen LogP contribution in [0.4, 0.5) is 18.3 Å². The van der Waals surface area contributed by atoms with E-state index in [1.807, 2.05) is 0 Å². The number of carbonyl (C=O) groups is 1. The van der Waals surface area contributed by atoms with E-state index >= 15 is 0 Å². The lowest BCUT2D eigenvalue weighted by Crippen LogP contribution is -2.40. The zero-order valence-electron chi connectivity index (χ0n) is 14.9. The third-order valence-corrected chi connectivity index (χ3v) is 6.57. The van der Waals surface area contributed by atoms with Gasteiger partial charge in [0, 0.05) is 30.0 Å². The van der Waals surface area contributed by atoms with Crippen LogP contribution in [0.3, 0.4) is 0 Å². The largest absolute Gasteiger partial charge is 0.416 e. The fourth-order valence-electron chi connectivity index (χ4n) is 2.98. The van der Waals surface area contributed by atoms with Crippen LogP contribution in [0.1, 0.15) is 18.4 Å². The van der Waals surface area contributed by atoms with E-state index in [4.69, 9.17) is 0 Å². The Morgan fingerprint density at radius 3 is 2.57 bits per heavy atom. The van der Waals surface area contributed by atoms with E-state index in [1.165, 1.54) is 16.4 Å². The molecule has 1 aliphatic heterocycles. The first-order valence-corrected chi connectivity index (χ1v) is 11.2. The molecule has 1 amide bonds. The van der Waals surface area contributed by atoms with Crippen molar-refractivity contribution in [1.82, 2.24) is 9.29 Å². The quantitative estimate of drug-likeness (QED) is 0.801. The summed E-state index contributed by atoms with van der Waals surface area (Å²) in [5, 5.41) is 4.55. The number of sulfonamides is 1. The summed E-state index contributed by atoms with van der Waals surface area (Å²) in [5.41, 5.74) is -0.104. The van der Waals surface area contributed by atoms with Gasteiger partial charge in [0.25, 0.3) is 0 Å². The molecular weight excluding hydrogens is 415 g/mol. The van der Waals surface area contributed by atoms with Crippen LogP contribution >= 0.6 is 11.3 Å². The molecule has 1 N–H and O–H groups in total. The molecule has 2 heterocycles. The molecule has 0 unspecified atom stereocenters. The molecule has 1 aliphatic rings. The van der Waals surface area contributed by atoms with Gasteiger partial charge in [-0.15, -0.1) is 11.3 Å². The Balaban J connectivity index is 1.65. The van der Waals surface area contributed by atoms with E-state index < -0.39 is 21.8 Å². The first kappa shape index (κ1) is 20.7. The van der Waals surface area contributed by atoms with Crippen LogP contribution < -0.4 is 5.32 Å². The molecule has 1 aromatic carbocycles. The van der Waals surface area contributed by atoms with Gasteiger partial charge in [0.2, 0.25) is 15.9 Å². The number of halogens is 3. The van der Waals surface area contributed by atoms with Gasteiger partial charge in [0.05, 0.1) is 17.5 Å². The Hall–Kier alpha value is -1.98. The molecule has 1 fully saturated rings. The van der Waals surface area contributed by atoms with E-state index in [2.05, 4.69) is 10.3 Å². The van der Waals surface area contributed by atoms with E-state index in [1.54, 1.807) is 5.38 Å². The van der Waals surface area contributed by atoms with Crippen molar-refractivity contribution in [1.29, 1.82) is 0 Å². The van der Waals surface area contributed by atoms with Crippen LogP contribution in [0, 0.1) is 5.92 Å². The topological polar surface area (TPSA) is 79.4 Å². The van der Waals surface area contributed by atoms with Crippen LogP contribution in [-0.2, 0) is 21.0 Å². The van der Waals surface area contributed by atoms with Crippen molar-refractivity contribution in [2.75, 3.05) is 24.7 Å². The number of piperidine rings is 1. The smallest absolute Gasteiger partial charge is 0.302 e. The number of alkyl halides is 3. The molecule has 6 nitrogen and oxygen atoms in total. The molecule has 1 saturated heterocycles. The minimum atomic E-state index is -4.44. The minimum absolute atomic E-state index is 0.266. The summed E-state index contributed by atoms with van der Waals surface area (Å²) in [6, 6.07) is 4.84. The highest BCUT2D eigenvalue weighted by Crippen LogP contribution is 2.33. The number of aromatic nitrogens is 1.